The molecule has 0 unspecified atom stereocenters. The molecular weight excluding hydrogens is 176 g/mol. The molecule has 0 bridgehead atoms. The van der Waals surface area contributed by atoms with Gasteiger partial charge >= 0.3 is 0 Å². The number of fused-ring (bicyclic) bond motifs is 1. The molecule has 0 aliphatic heterocycles. The van der Waals surface area contributed by atoms with Crippen molar-refractivity contribution < 1.29 is 9.84 Å². The van der Waals surface area contributed by atoms with Crippen LogP contribution in [0.1, 0.15) is 0 Å². The summed E-state index contributed by atoms with van der Waals surface area (Å²) in [6.45, 7) is 1.30. The third-order valence-electron chi connectivity index (χ3n) is 2.03. The van der Waals surface area contributed by atoms with Crippen molar-refractivity contribution in [3.05, 3.63) is 49.1 Å². The van der Waals surface area contributed by atoms with Gasteiger partial charge in [0.25, 0.3) is 0 Å². The lowest BCUT2D eigenvalue weighted by Crippen LogP contribution is -1.94. The lowest BCUT2D eigenvalue weighted by atomic mass is 10.1. The van der Waals surface area contributed by atoms with Crippen LogP contribution in [0.4, 0.5) is 0 Å². The predicted octanol–water partition coefficient (Wildman–Crippen LogP) is 2.37. The fourth-order valence-electron chi connectivity index (χ4n) is 1.43. The molecule has 0 fully saturated rings. The number of aliphatic hydroxyl groups excluding tert-OH is 1. The highest BCUT2D eigenvalue weighted by molar-refractivity contribution is 5.88. The highest BCUT2D eigenvalue weighted by Gasteiger charge is 1.99. The molecule has 2 nitrogen and oxygen atoms in total. The van der Waals surface area contributed by atoms with Gasteiger partial charge in [0, 0.05) is 5.39 Å². The summed E-state index contributed by atoms with van der Waals surface area (Å²) in [5, 5.41) is 10.8. The van der Waals surface area contributed by atoms with E-state index in [0.717, 1.165) is 16.5 Å². The Labute approximate surface area is 82.8 Å². The second-order valence-electron chi connectivity index (χ2n) is 2.94. The smallest absolute Gasteiger partial charge is 0.161 e. The van der Waals surface area contributed by atoms with Gasteiger partial charge in [-0.05, 0) is 11.5 Å². The van der Waals surface area contributed by atoms with E-state index >= 15 is 0 Å². The Morgan fingerprint density at radius 2 is 1.86 bits per heavy atom. The van der Waals surface area contributed by atoms with Crippen LogP contribution < -0.4 is 4.74 Å². The van der Waals surface area contributed by atoms with E-state index in [1.165, 1.54) is 6.61 Å². The SMILES string of the molecule is OC[CH]Oc1cccc2ccccc12. The van der Waals surface area contributed by atoms with Gasteiger partial charge in [0.15, 0.2) is 6.61 Å². The van der Waals surface area contributed by atoms with Crippen LogP contribution in [-0.4, -0.2) is 11.7 Å². The van der Waals surface area contributed by atoms with E-state index in [1.807, 2.05) is 42.5 Å². The number of hydrogen-bond acceptors (Lipinski definition) is 2. The zero-order valence-electron chi connectivity index (χ0n) is 7.68. The van der Waals surface area contributed by atoms with Gasteiger partial charge in [0.05, 0.1) is 6.61 Å². The third kappa shape index (κ3) is 1.70. The van der Waals surface area contributed by atoms with Crippen molar-refractivity contribution in [2.24, 2.45) is 0 Å². The second-order valence-corrected chi connectivity index (χ2v) is 2.94. The summed E-state index contributed by atoms with van der Waals surface area (Å²) in [4.78, 5) is 0. The quantitative estimate of drug-likeness (QED) is 0.799. The summed E-state index contributed by atoms with van der Waals surface area (Å²) in [5.41, 5.74) is 0. The Morgan fingerprint density at radius 1 is 1.07 bits per heavy atom. The van der Waals surface area contributed by atoms with Crippen LogP contribution in [0, 0.1) is 6.61 Å². The lowest BCUT2D eigenvalue weighted by Gasteiger charge is -2.06. The van der Waals surface area contributed by atoms with Crippen LogP contribution in [-0.2, 0) is 0 Å². The van der Waals surface area contributed by atoms with Gasteiger partial charge in [0.2, 0.25) is 0 Å². The Morgan fingerprint density at radius 3 is 2.71 bits per heavy atom. The predicted molar refractivity (Wildman–Crippen MR) is 56.0 cm³/mol. The summed E-state index contributed by atoms with van der Waals surface area (Å²) in [7, 11) is 0. The molecule has 0 spiro atoms. The number of aliphatic hydroxyl groups is 1. The van der Waals surface area contributed by atoms with E-state index in [9.17, 15) is 0 Å². The van der Waals surface area contributed by atoms with E-state index < -0.39 is 0 Å². The summed E-state index contributed by atoms with van der Waals surface area (Å²) < 4.78 is 5.29. The molecule has 0 aliphatic carbocycles. The summed E-state index contributed by atoms with van der Waals surface area (Å²) in [6, 6.07) is 13.8. The first kappa shape index (κ1) is 9.03. The standard InChI is InChI=1S/C12H11O2/c13-8-9-14-12-7-3-5-10-4-1-2-6-11(10)12/h1-7,9,13H,8H2. The molecule has 0 atom stereocenters. The lowest BCUT2D eigenvalue weighted by molar-refractivity contribution is 0.256. The van der Waals surface area contributed by atoms with Crippen molar-refractivity contribution in [2.75, 3.05) is 6.61 Å². The molecule has 1 N–H and O–H groups in total. The highest BCUT2D eigenvalue weighted by Crippen LogP contribution is 2.25. The van der Waals surface area contributed by atoms with Gasteiger partial charge in [-0.15, -0.1) is 0 Å². The van der Waals surface area contributed by atoms with E-state index in [0.29, 0.717) is 0 Å². The molecule has 0 saturated heterocycles. The van der Waals surface area contributed by atoms with Crippen LogP contribution in [0.25, 0.3) is 10.8 Å². The maximum Gasteiger partial charge on any atom is 0.161 e. The van der Waals surface area contributed by atoms with Crippen molar-refractivity contribution in [1.82, 2.24) is 0 Å². The minimum absolute atomic E-state index is 0.0801. The fraction of sp³-hybridized carbons (Fsp3) is 0.0833. The molecule has 0 amide bonds. The van der Waals surface area contributed by atoms with Crippen LogP contribution >= 0.6 is 0 Å². The zero-order valence-corrected chi connectivity index (χ0v) is 7.68. The molecule has 2 aromatic carbocycles. The Balaban J connectivity index is 2.43. The van der Waals surface area contributed by atoms with Crippen LogP contribution in [0.2, 0.25) is 0 Å². The fourth-order valence-corrected chi connectivity index (χ4v) is 1.43. The molecule has 2 heteroatoms. The minimum Gasteiger partial charge on any atom is -0.483 e. The van der Waals surface area contributed by atoms with Crippen molar-refractivity contribution in [1.29, 1.82) is 0 Å². The molecule has 0 aliphatic rings. The Bertz CT molecular complexity index is 418. The summed E-state index contributed by atoms with van der Waals surface area (Å²) in [5.74, 6) is 0.775. The average Bonchev–Trinajstić information content (AvgIpc) is 2.26. The summed E-state index contributed by atoms with van der Waals surface area (Å²) in [6.07, 6.45) is 0. The first-order valence-corrected chi connectivity index (χ1v) is 4.49. The molecule has 2 aromatic rings. The third-order valence-corrected chi connectivity index (χ3v) is 2.03. The molecule has 1 radical (unpaired) electrons. The Kier molecular flexibility index (Phi) is 2.65. The van der Waals surface area contributed by atoms with Crippen LogP contribution in [0.3, 0.4) is 0 Å². The maximum absolute atomic E-state index is 8.62. The van der Waals surface area contributed by atoms with E-state index in [2.05, 4.69) is 0 Å². The molecule has 0 saturated carbocycles. The first-order valence-electron chi connectivity index (χ1n) is 4.49. The molecular formula is C12H11O2. The van der Waals surface area contributed by atoms with Crippen molar-refractivity contribution in [3.63, 3.8) is 0 Å². The number of rotatable bonds is 3. The van der Waals surface area contributed by atoms with Crippen molar-refractivity contribution in [3.8, 4) is 5.75 Å². The van der Waals surface area contributed by atoms with E-state index in [4.69, 9.17) is 9.84 Å². The van der Waals surface area contributed by atoms with Gasteiger partial charge < -0.3 is 9.84 Å². The summed E-state index contributed by atoms with van der Waals surface area (Å²) >= 11 is 0. The van der Waals surface area contributed by atoms with Gasteiger partial charge in [-0.3, -0.25) is 0 Å². The Hall–Kier alpha value is -1.54. The largest absolute Gasteiger partial charge is 0.483 e. The molecule has 0 aromatic heterocycles. The zero-order chi connectivity index (χ0) is 9.80. The monoisotopic (exact) mass is 187 g/mol. The molecule has 2 rings (SSSR count). The topological polar surface area (TPSA) is 29.5 Å². The minimum atomic E-state index is -0.0801. The van der Waals surface area contributed by atoms with Gasteiger partial charge in [-0.1, -0.05) is 36.4 Å². The average molecular weight is 187 g/mol. The van der Waals surface area contributed by atoms with Gasteiger partial charge in [-0.2, -0.15) is 0 Å². The van der Waals surface area contributed by atoms with Crippen LogP contribution in [0.15, 0.2) is 42.5 Å². The van der Waals surface area contributed by atoms with Gasteiger partial charge in [0.1, 0.15) is 5.75 Å². The normalized spacial score (nSPS) is 10.4. The van der Waals surface area contributed by atoms with Crippen molar-refractivity contribution >= 4 is 10.8 Å². The first-order chi connectivity index (χ1) is 6.92. The highest BCUT2D eigenvalue weighted by atomic mass is 16.5. The molecule has 71 valence electrons. The molecule has 0 heterocycles. The number of hydrogen-bond donors (Lipinski definition) is 1. The van der Waals surface area contributed by atoms with E-state index in [-0.39, 0.29) is 6.61 Å². The van der Waals surface area contributed by atoms with Crippen molar-refractivity contribution in [2.45, 2.75) is 0 Å². The van der Waals surface area contributed by atoms with Gasteiger partial charge in [-0.25, -0.2) is 0 Å². The number of ether oxygens (including phenoxy) is 1. The maximum atomic E-state index is 8.62. The van der Waals surface area contributed by atoms with Crippen LogP contribution in [0.5, 0.6) is 5.75 Å². The van der Waals surface area contributed by atoms with E-state index in [1.54, 1.807) is 0 Å². The number of benzene rings is 2. The molecule has 14 heavy (non-hydrogen) atoms. The second kappa shape index (κ2) is 4.11.